The number of nitrogens with zero attached hydrogens (tertiary/aromatic N) is 2. The van der Waals surface area contributed by atoms with Crippen LogP contribution < -0.4 is 10.6 Å². The Hall–Kier alpha value is -2.68. The number of nitrogens with one attached hydrogen (secondary N) is 2. The first-order valence-electron chi connectivity index (χ1n) is 9.55. The Morgan fingerprint density at radius 1 is 1.28 bits per heavy atom. The van der Waals surface area contributed by atoms with Gasteiger partial charge in [0.1, 0.15) is 5.82 Å². The van der Waals surface area contributed by atoms with Gasteiger partial charge < -0.3 is 20.0 Å². The molecule has 1 unspecified atom stereocenters. The van der Waals surface area contributed by atoms with Gasteiger partial charge in [-0.15, -0.1) is 0 Å². The number of carbonyl (C=O) groups is 3. The third-order valence-electron chi connectivity index (χ3n) is 4.72. The predicted molar refractivity (Wildman–Crippen MR) is 110 cm³/mol. The third-order valence-corrected chi connectivity index (χ3v) is 5.19. The van der Waals surface area contributed by atoms with E-state index in [0.717, 1.165) is 17.3 Å². The lowest BCUT2D eigenvalue weighted by Gasteiger charge is -2.32. The number of halogens is 1. The first-order chi connectivity index (χ1) is 14.0. The number of hydrogen-bond donors (Lipinski definition) is 2. The Kier molecular flexibility index (Phi) is 7.40. The van der Waals surface area contributed by atoms with Crippen molar-refractivity contribution < 1.29 is 18.8 Å². The number of carbonyl (C=O) groups excluding carboxylic acids is 3. The van der Waals surface area contributed by atoms with Crippen LogP contribution in [0.15, 0.2) is 45.6 Å². The van der Waals surface area contributed by atoms with Crippen molar-refractivity contribution in [2.24, 2.45) is 5.92 Å². The van der Waals surface area contributed by atoms with Crippen LogP contribution in [0.4, 0.5) is 5.82 Å². The molecule has 0 spiro atoms. The largest absolute Gasteiger partial charge is 0.459 e. The van der Waals surface area contributed by atoms with Crippen LogP contribution in [-0.4, -0.2) is 47.2 Å². The second-order valence-electron chi connectivity index (χ2n) is 6.87. The van der Waals surface area contributed by atoms with Gasteiger partial charge in [-0.3, -0.25) is 14.4 Å². The SMILES string of the molecule is O=C(NCCCC(=O)N1CCCC(C(=O)Nc2ccc(Br)cn2)C1)c1ccco1. The second kappa shape index (κ2) is 10.2. The molecule has 2 aromatic rings. The predicted octanol–water partition coefficient (Wildman–Crippen LogP) is 2.82. The van der Waals surface area contributed by atoms with E-state index < -0.39 is 0 Å². The van der Waals surface area contributed by atoms with Gasteiger partial charge >= 0.3 is 0 Å². The lowest BCUT2D eigenvalue weighted by atomic mass is 9.96. The minimum atomic E-state index is -0.293. The van der Waals surface area contributed by atoms with Gasteiger partial charge in [0, 0.05) is 36.7 Å². The monoisotopic (exact) mass is 462 g/mol. The quantitative estimate of drug-likeness (QED) is 0.615. The standard InChI is InChI=1S/C20H23BrN4O4/c21-15-7-8-17(23-12-15)24-19(27)14-4-2-10-25(13-14)18(26)6-1-9-22-20(28)16-5-3-11-29-16/h3,5,7-8,11-12,14H,1-2,4,6,9-10,13H2,(H,22,28)(H,23,24,27). The van der Waals surface area contributed by atoms with Gasteiger partial charge in [-0.2, -0.15) is 0 Å². The van der Waals surface area contributed by atoms with Crippen molar-refractivity contribution in [3.63, 3.8) is 0 Å². The van der Waals surface area contributed by atoms with Gasteiger partial charge in [0.15, 0.2) is 5.76 Å². The molecular formula is C20H23BrN4O4. The number of hydrogen-bond acceptors (Lipinski definition) is 5. The molecule has 0 aliphatic carbocycles. The summed E-state index contributed by atoms with van der Waals surface area (Å²) >= 11 is 3.31. The summed E-state index contributed by atoms with van der Waals surface area (Å²) in [5.74, 6) is 0.0745. The summed E-state index contributed by atoms with van der Waals surface area (Å²) < 4.78 is 5.86. The fourth-order valence-corrected chi connectivity index (χ4v) is 3.42. The molecule has 3 amide bonds. The molecule has 29 heavy (non-hydrogen) atoms. The zero-order chi connectivity index (χ0) is 20.6. The number of likely N-dealkylation sites (tertiary alicyclic amines) is 1. The van der Waals surface area contributed by atoms with Crippen LogP contribution in [0, 0.1) is 5.92 Å². The lowest BCUT2D eigenvalue weighted by Crippen LogP contribution is -2.44. The molecule has 0 bridgehead atoms. The van der Waals surface area contributed by atoms with Gasteiger partial charge in [-0.05, 0) is 59.5 Å². The van der Waals surface area contributed by atoms with Crippen LogP contribution in [0.2, 0.25) is 0 Å². The summed E-state index contributed by atoms with van der Waals surface area (Å²) in [5.41, 5.74) is 0. The molecule has 8 nitrogen and oxygen atoms in total. The zero-order valence-corrected chi connectivity index (χ0v) is 17.5. The first-order valence-corrected chi connectivity index (χ1v) is 10.3. The molecule has 3 rings (SSSR count). The van der Waals surface area contributed by atoms with E-state index in [2.05, 4.69) is 31.5 Å². The van der Waals surface area contributed by atoms with Gasteiger partial charge in [0.05, 0.1) is 12.2 Å². The normalized spacial score (nSPS) is 16.3. The van der Waals surface area contributed by atoms with E-state index in [1.165, 1.54) is 6.26 Å². The van der Waals surface area contributed by atoms with Crippen molar-refractivity contribution >= 4 is 39.5 Å². The fourth-order valence-electron chi connectivity index (χ4n) is 3.19. The van der Waals surface area contributed by atoms with E-state index in [9.17, 15) is 14.4 Å². The molecule has 1 fully saturated rings. The molecule has 0 aromatic carbocycles. The Morgan fingerprint density at radius 3 is 2.86 bits per heavy atom. The Balaban J connectivity index is 1.41. The number of anilines is 1. The lowest BCUT2D eigenvalue weighted by molar-refractivity contribution is -0.134. The van der Waals surface area contributed by atoms with Crippen LogP contribution in [0.1, 0.15) is 36.2 Å². The van der Waals surface area contributed by atoms with Crippen molar-refractivity contribution in [3.05, 3.63) is 47.0 Å². The van der Waals surface area contributed by atoms with Crippen molar-refractivity contribution in [1.82, 2.24) is 15.2 Å². The van der Waals surface area contributed by atoms with E-state index >= 15 is 0 Å². The van der Waals surface area contributed by atoms with Crippen LogP contribution in [0.5, 0.6) is 0 Å². The minimum absolute atomic E-state index is 0.00323. The summed E-state index contributed by atoms with van der Waals surface area (Å²) in [6.07, 6.45) is 5.44. The molecule has 1 saturated heterocycles. The van der Waals surface area contributed by atoms with E-state index in [1.54, 1.807) is 29.3 Å². The topological polar surface area (TPSA) is 105 Å². The summed E-state index contributed by atoms with van der Waals surface area (Å²) in [6, 6.07) is 6.77. The van der Waals surface area contributed by atoms with Crippen molar-refractivity contribution in [1.29, 1.82) is 0 Å². The van der Waals surface area contributed by atoms with Gasteiger partial charge in [-0.1, -0.05) is 0 Å². The molecule has 1 aliphatic heterocycles. The second-order valence-corrected chi connectivity index (χ2v) is 7.78. The molecule has 0 radical (unpaired) electrons. The first kappa shape index (κ1) is 21.0. The highest BCUT2D eigenvalue weighted by atomic mass is 79.9. The van der Waals surface area contributed by atoms with Crippen LogP contribution in [0.3, 0.4) is 0 Å². The van der Waals surface area contributed by atoms with Crippen LogP contribution in [-0.2, 0) is 9.59 Å². The van der Waals surface area contributed by atoms with E-state index in [1.807, 2.05) is 6.07 Å². The molecule has 154 valence electrons. The highest BCUT2D eigenvalue weighted by molar-refractivity contribution is 9.10. The number of aromatic nitrogens is 1. The van der Waals surface area contributed by atoms with E-state index in [0.29, 0.717) is 38.3 Å². The van der Waals surface area contributed by atoms with Crippen molar-refractivity contribution in [3.8, 4) is 0 Å². The van der Waals surface area contributed by atoms with Crippen molar-refractivity contribution in [2.75, 3.05) is 25.0 Å². The maximum Gasteiger partial charge on any atom is 0.286 e. The molecular weight excluding hydrogens is 440 g/mol. The zero-order valence-electron chi connectivity index (χ0n) is 15.9. The molecule has 1 atom stereocenters. The van der Waals surface area contributed by atoms with Gasteiger partial charge in [0.25, 0.3) is 5.91 Å². The molecule has 0 saturated carbocycles. The molecule has 1 aliphatic rings. The maximum absolute atomic E-state index is 12.5. The number of rotatable bonds is 7. The average Bonchev–Trinajstić information content (AvgIpc) is 3.27. The average molecular weight is 463 g/mol. The highest BCUT2D eigenvalue weighted by Crippen LogP contribution is 2.20. The Labute approximate surface area is 177 Å². The molecule has 2 aromatic heterocycles. The smallest absolute Gasteiger partial charge is 0.286 e. The van der Waals surface area contributed by atoms with Gasteiger partial charge in [-0.25, -0.2) is 4.98 Å². The fraction of sp³-hybridized carbons (Fsp3) is 0.400. The number of furan rings is 1. The van der Waals surface area contributed by atoms with E-state index in [4.69, 9.17) is 4.42 Å². The Morgan fingerprint density at radius 2 is 2.14 bits per heavy atom. The third kappa shape index (κ3) is 6.15. The highest BCUT2D eigenvalue weighted by Gasteiger charge is 2.28. The summed E-state index contributed by atoms with van der Waals surface area (Å²) in [4.78, 5) is 42.7. The Bertz CT molecular complexity index is 839. The van der Waals surface area contributed by atoms with Crippen LogP contribution in [0.25, 0.3) is 0 Å². The molecule has 3 heterocycles. The summed E-state index contributed by atoms with van der Waals surface area (Å²) in [7, 11) is 0. The minimum Gasteiger partial charge on any atom is -0.459 e. The van der Waals surface area contributed by atoms with Crippen molar-refractivity contribution in [2.45, 2.75) is 25.7 Å². The molecule has 2 N–H and O–H groups in total. The summed E-state index contributed by atoms with van der Waals surface area (Å²) in [6.45, 7) is 1.44. The number of pyridine rings is 1. The number of piperidine rings is 1. The number of amides is 3. The molecule has 9 heteroatoms. The van der Waals surface area contributed by atoms with Crippen LogP contribution >= 0.6 is 15.9 Å². The van der Waals surface area contributed by atoms with Gasteiger partial charge in [0.2, 0.25) is 11.8 Å². The summed E-state index contributed by atoms with van der Waals surface area (Å²) in [5, 5.41) is 5.53. The van der Waals surface area contributed by atoms with E-state index in [-0.39, 0.29) is 29.4 Å². The maximum atomic E-state index is 12.5.